The number of H-pyrrole nitrogens is 1. The van der Waals surface area contributed by atoms with Gasteiger partial charge in [-0.15, -0.1) is 0 Å². The van der Waals surface area contributed by atoms with Gasteiger partial charge in [-0.25, -0.2) is 9.78 Å². The lowest BCUT2D eigenvalue weighted by atomic mass is 9.90. The molecule has 0 saturated heterocycles. The lowest BCUT2D eigenvalue weighted by Crippen LogP contribution is -2.35. The third kappa shape index (κ3) is 3.04. The van der Waals surface area contributed by atoms with Gasteiger partial charge in [0.25, 0.3) is 0 Å². The summed E-state index contributed by atoms with van der Waals surface area (Å²) in [5.41, 5.74) is 4.27. The van der Waals surface area contributed by atoms with Crippen LogP contribution in [0.15, 0.2) is 71.5 Å². The van der Waals surface area contributed by atoms with Crippen LogP contribution in [0.3, 0.4) is 0 Å². The van der Waals surface area contributed by atoms with E-state index in [0.717, 1.165) is 22.5 Å². The van der Waals surface area contributed by atoms with Gasteiger partial charge in [0, 0.05) is 18.0 Å². The number of carbonyl (C=O) groups is 1. The van der Waals surface area contributed by atoms with Gasteiger partial charge < -0.3 is 19.1 Å². The van der Waals surface area contributed by atoms with Gasteiger partial charge in [0.2, 0.25) is 0 Å². The van der Waals surface area contributed by atoms with Crippen molar-refractivity contribution in [3.8, 4) is 11.3 Å². The summed E-state index contributed by atoms with van der Waals surface area (Å²) < 4.78 is 10.7. The van der Waals surface area contributed by atoms with Gasteiger partial charge in [0.1, 0.15) is 0 Å². The van der Waals surface area contributed by atoms with Crippen molar-refractivity contribution in [3.05, 3.63) is 89.5 Å². The molecule has 0 spiro atoms. The van der Waals surface area contributed by atoms with Gasteiger partial charge in [-0.2, -0.15) is 0 Å². The highest BCUT2D eigenvalue weighted by atomic mass is 16.5. The third-order valence-electron chi connectivity index (χ3n) is 5.43. The van der Waals surface area contributed by atoms with Crippen LogP contribution in [0.4, 0.5) is 5.82 Å². The summed E-state index contributed by atoms with van der Waals surface area (Å²) in [6.07, 6.45) is 1.71. The number of nitrogens with zero attached hydrogens (tertiary/aromatic N) is 3. The maximum atomic E-state index is 12.7. The van der Waals surface area contributed by atoms with Gasteiger partial charge in [-0.05, 0) is 5.56 Å². The van der Waals surface area contributed by atoms with Gasteiger partial charge in [0.15, 0.2) is 17.1 Å². The van der Waals surface area contributed by atoms with Crippen LogP contribution < -0.4 is 4.90 Å². The zero-order valence-corrected chi connectivity index (χ0v) is 16.4. The van der Waals surface area contributed by atoms with Crippen LogP contribution in [0.5, 0.6) is 0 Å². The molecule has 1 unspecified atom stereocenters. The molecule has 1 atom stereocenters. The number of carbonyl (C=O) groups excluding carboxylic acids is 1. The Kier molecular flexibility index (Phi) is 4.55. The van der Waals surface area contributed by atoms with Crippen LogP contribution in [0, 0.1) is 0 Å². The van der Waals surface area contributed by atoms with Gasteiger partial charge in [-0.3, -0.25) is 0 Å². The van der Waals surface area contributed by atoms with E-state index in [1.54, 1.807) is 6.33 Å². The molecule has 0 bridgehead atoms. The quantitative estimate of drug-likeness (QED) is 0.521. The Morgan fingerprint density at radius 1 is 1.13 bits per heavy atom. The smallest absolute Gasteiger partial charge is 0.345 e. The highest BCUT2D eigenvalue weighted by Crippen LogP contribution is 2.38. The summed E-state index contributed by atoms with van der Waals surface area (Å²) in [6.45, 7) is 1.16. The molecule has 2 aromatic heterocycles. The zero-order valence-electron chi connectivity index (χ0n) is 16.4. The maximum absolute atomic E-state index is 12.7. The van der Waals surface area contributed by atoms with Gasteiger partial charge in [-0.1, -0.05) is 65.8 Å². The molecule has 7 heteroatoms. The molecule has 0 radical (unpaired) electrons. The summed E-state index contributed by atoms with van der Waals surface area (Å²) in [5, 5.41) is 4.29. The van der Waals surface area contributed by atoms with Crippen molar-refractivity contribution >= 4 is 11.8 Å². The standard InChI is InChI=1S/C23H20N4O3/c1-29-23(28)19-21(16-10-6-3-7-11-16)30-26-22(19)27-12-17(15-8-4-2-5-9-15)20-18(13-27)24-14-25-20/h2-11,14,17H,12-13H2,1H3,(H,24,25). The van der Waals surface area contributed by atoms with E-state index >= 15 is 0 Å². The van der Waals surface area contributed by atoms with Gasteiger partial charge in [0.05, 0.1) is 31.4 Å². The number of rotatable bonds is 4. The van der Waals surface area contributed by atoms with Crippen molar-refractivity contribution in [1.82, 2.24) is 15.1 Å². The first kappa shape index (κ1) is 18.2. The number of methoxy groups -OCH3 is 1. The number of ether oxygens (including phenoxy) is 1. The second kappa shape index (κ2) is 7.51. The number of esters is 1. The van der Waals surface area contributed by atoms with E-state index in [0.29, 0.717) is 30.2 Å². The molecule has 0 aliphatic carbocycles. The average Bonchev–Trinajstić information content (AvgIpc) is 3.46. The molecule has 1 aliphatic rings. The summed E-state index contributed by atoms with van der Waals surface area (Å²) in [5.74, 6) is 0.450. The minimum atomic E-state index is -0.475. The number of nitrogens with one attached hydrogen (secondary N) is 1. The third-order valence-corrected chi connectivity index (χ3v) is 5.43. The highest BCUT2D eigenvalue weighted by molar-refractivity contribution is 6.00. The molecule has 150 valence electrons. The molecule has 4 aromatic rings. The molecular weight excluding hydrogens is 380 g/mol. The van der Waals surface area contributed by atoms with E-state index in [4.69, 9.17) is 9.26 Å². The predicted octanol–water partition coefficient (Wildman–Crippen LogP) is 4.00. The van der Waals surface area contributed by atoms with Crippen molar-refractivity contribution < 1.29 is 14.1 Å². The Labute approximate surface area is 173 Å². The van der Waals surface area contributed by atoms with Crippen molar-refractivity contribution in [3.63, 3.8) is 0 Å². The molecule has 30 heavy (non-hydrogen) atoms. The van der Waals surface area contributed by atoms with Crippen LogP contribution in [0.2, 0.25) is 0 Å². The zero-order chi connectivity index (χ0) is 20.5. The predicted molar refractivity (Wildman–Crippen MR) is 111 cm³/mol. The second-order valence-electron chi connectivity index (χ2n) is 7.18. The molecule has 2 aromatic carbocycles. The van der Waals surface area contributed by atoms with Crippen LogP contribution in [0.25, 0.3) is 11.3 Å². The molecule has 0 amide bonds. The minimum Gasteiger partial charge on any atom is -0.465 e. The van der Waals surface area contributed by atoms with E-state index < -0.39 is 5.97 Å². The number of benzene rings is 2. The van der Waals surface area contributed by atoms with E-state index in [1.807, 2.05) is 53.4 Å². The van der Waals surface area contributed by atoms with E-state index in [2.05, 4.69) is 27.3 Å². The second-order valence-corrected chi connectivity index (χ2v) is 7.18. The molecular formula is C23H20N4O3. The first-order valence-corrected chi connectivity index (χ1v) is 9.71. The number of imidazole rings is 1. The van der Waals surface area contributed by atoms with Gasteiger partial charge >= 0.3 is 5.97 Å². The fourth-order valence-corrected chi connectivity index (χ4v) is 4.00. The van der Waals surface area contributed by atoms with E-state index in [9.17, 15) is 4.79 Å². The van der Waals surface area contributed by atoms with Crippen LogP contribution >= 0.6 is 0 Å². The average molecular weight is 400 g/mol. The number of aromatic amines is 1. The fraction of sp³-hybridized carbons (Fsp3) is 0.174. The fourth-order valence-electron chi connectivity index (χ4n) is 4.00. The van der Waals surface area contributed by atoms with Crippen molar-refractivity contribution in [1.29, 1.82) is 0 Å². The molecule has 7 nitrogen and oxygen atoms in total. The molecule has 1 aliphatic heterocycles. The Morgan fingerprint density at radius 3 is 2.60 bits per heavy atom. The van der Waals surface area contributed by atoms with Crippen molar-refractivity contribution in [2.75, 3.05) is 18.6 Å². The largest absolute Gasteiger partial charge is 0.465 e. The number of fused-ring (bicyclic) bond motifs is 1. The molecule has 1 N–H and O–H groups in total. The van der Waals surface area contributed by atoms with Crippen LogP contribution in [-0.2, 0) is 11.3 Å². The SMILES string of the molecule is COC(=O)c1c(N2Cc3[nH]cnc3C(c3ccccc3)C2)noc1-c1ccccc1. The molecule has 0 saturated carbocycles. The number of hydrogen-bond acceptors (Lipinski definition) is 6. The number of hydrogen-bond donors (Lipinski definition) is 1. The normalized spacial score (nSPS) is 15.6. The van der Waals surface area contributed by atoms with E-state index in [1.165, 1.54) is 7.11 Å². The highest BCUT2D eigenvalue weighted by Gasteiger charge is 2.34. The summed E-state index contributed by atoms with van der Waals surface area (Å²) in [7, 11) is 1.36. The minimum absolute atomic E-state index is 0.0450. The molecule has 0 fully saturated rings. The first-order valence-electron chi connectivity index (χ1n) is 9.71. The van der Waals surface area contributed by atoms with Crippen LogP contribution in [-0.4, -0.2) is 34.7 Å². The van der Waals surface area contributed by atoms with Crippen molar-refractivity contribution in [2.45, 2.75) is 12.5 Å². The Morgan fingerprint density at radius 2 is 1.87 bits per heavy atom. The topological polar surface area (TPSA) is 84.2 Å². The Balaban J connectivity index is 1.59. The van der Waals surface area contributed by atoms with Crippen molar-refractivity contribution in [2.24, 2.45) is 0 Å². The summed E-state index contributed by atoms with van der Waals surface area (Å²) in [4.78, 5) is 22.5. The Bertz CT molecular complexity index is 1170. The summed E-state index contributed by atoms with van der Waals surface area (Å²) >= 11 is 0. The lowest BCUT2D eigenvalue weighted by Gasteiger charge is -2.32. The maximum Gasteiger partial charge on any atom is 0.345 e. The first-order chi connectivity index (χ1) is 14.8. The summed E-state index contributed by atoms with van der Waals surface area (Å²) in [6, 6.07) is 19.7. The van der Waals surface area contributed by atoms with E-state index in [-0.39, 0.29) is 5.92 Å². The lowest BCUT2D eigenvalue weighted by molar-refractivity contribution is 0.0601. The Hall–Kier alpha value is -3.87. The number of anilines is 1. The number of aromatic nitrogens is 3. The van der Waals surface area contributed by atoms with Crippen LogP contribution in [0.1, 0.15) is 33.2 Å². The molecule has 5 rings (SSSR count). The monoisotopic (exact) mass is 400 g/mol. The molecule has 3 heterocycles.